The molecule has 0 aliphatic heterocycles. The van der Waals surface area contributed by atoms with E-state index in [0.29, 0.717) is 24.8 Å². The van der Waals surface area contributed by atoms with Crippen LogP contribution in [-0.2, 0) is 9.59 Å². The second kappa shape index (κ2) is 10.2. The Morgan fingerprint density at radius 1 is 1.18 bits per heavy atom. The van der Waals surface area contributed by atoms with Crippen molar-refractivity contribution in [2.24, 2.45) is 17.8 Å². The lowest BCUT2D eigenvalue weighted by molar-refractivity contribution is -0.127. The number of carbonyl (C=O) groups excluding carboxylic acids is 2. The van der Waals surface area contributed by atoms with Crippen molar-refractivity contribution in [3.05, 3.63) is 0 Å². The third kappa shape index (κ3) is 6.93. The van der Waals surface area contributed by atoms with E-state index < -0.39 is 0 Å². The summed E-state index contributed by atoms with van der Waals surface area (Å²) >= 11 is 0. The molecule has 0 spiro atoms. The largest absolute Gasteiger partial charge is 0.355 e. The molecule has 0 aromatic rings. The van der Waals surface area contributed by atoms with E-state index in [4.69, 9.17) is 5.26 Å². The standard InChI is InChI=1S/C17H29N3O2/c1-13(2)8-9-16(21)20-12-15(17(22)19-11-10-18)14-6-4-3-5-7-14/h13-15H,3-9,11-12H2,1-2H3,(H,19,22)(H,20,21). The first-order valence-corrected chi connectivity index (χ1v) is 8.46. The van der Waals surface area contributed by atoms with Crippen molar-refractivity contribution in [2.45, 2.75) is 58.8 Å². The highest BCUT2D eigenvalue weighted by Crippen LogP contribution is 2.30. The molecule has 0 aromatic carbocycles. The van der Waals surface area contributed by atoms with Crippen molar-refractivity contribution in [2.75, 3.05) is 13.1 Å². The first-order chi connectivity index (χ1) is 10.5. The second-order valence-corrected chi connectivity index (χ2v) is 6.62. The van der Waals surface area contributed by atoms with Crippen LogP contribution in [-0.4, -0.2) is 24.9 Å². The zero-order chi connectivity index (χ0) is 16.4. The van der Waals surface area contributed by atoms with Crippen molar-refractivity contribution in [3.8, 4) is 6.07 Å². The number of carbonyl (C=O) groups is 2. The fraction of sp³-hybridized carbons (Fsp3) is 0.824. The molecule has 124 valence electrons. The van der Waals surface area contributed by atoms with Gasteiger partial charge in [-0.2, -0.15) is 5.26 Å². The van der Waals surface area contributed by atoms with Gasteiger partial charge >= 0.3 is 0 Å². The highest BCUT2D eigenvalue weighted by Gasteiger charge is 2.29. The van der Waals surface area contributed by atoms with Gasteiger partial charge in [0, 0.05) is 13.0 Å². The van der Waals surface area contributed by atoms with Gasteiger partial charge in [-0.15, -0.1) is 0 Å². The average molecular weight is 307 g/mol. The molecule has 1 rings (SSSR count). The third-order valence-electron chi connectivity index (χ3n) is 4.37. The van der Waals surface area contributed by atoms with Crippen molar-refractivity contribution < 1.29 is 9.59 Å². The van der Waals surface area contributed by atoms with Crippen LogP contribution in [0.2, 0.25) is 0 Å². The number of nitrogens with one attached hydrogen (secondary N) is 2. The second-order valence-electron chi connectivity index (χ2n) is 6.62. The molecule has 0 heterocycles. The normalized spacial score (nSPS) is 16.8. The molecule has 2 amide bonds. The van der Waals surface area contributed by atoms with Crippen LogP contribution in [0.5, 0.6) is 0 Å². The number of nitriles is 1. The van der Waals surface area contributed by atoms with E-state index in [2.05, 4.69) is 24.5 Å². The van der Waals surface area contributed by atoms with Gasteiger partial charge in [0.1, 0.15) is 6.54 Å². The Morgan fingerprint density at radius 3 is 2.45 bits per heavy atom. The molecule has 1 atom stereocenters. The molecule has 5 heteroatoms. The van der Waals surface area contributed by atoms with Crippen LogP contribution < -0.4 is 10.6 Å². The van der Waals surface area contributed by atoms with Gasteiger partial charge in [0.2, 0.25) is 11.8 Å². The van der Waals surface area contributed by atoms with Gasteiger partial charge in [0.25, 0.3) is 0 Å². The molecule has 2 N–H and O–H groups in total. The SMILES string of the molecule is CC(C)CCC(=O)NCC(C(=O)NCC#N)C1CCCCC1. The Bertz CT molecular complexity index is 395. The van der Waals surface area contributed by atoms with Crippen molar-refractivity contribution >= 4 is 11.8 Å². The molecule has 0 aromatic heterocycles. The summed E-state index contributed by atoms with van der Waals surface area (Å²) in [6.45, 7) is 4.60. The van der Waals surface area contributed by atoms with E-state index in [-0.39, 0.29) is 24.3 Å². The minimum absolute atomic E-state index is 0.0163. The van der Waals surface area contributed by atoms with Crippen LogP contribution in [0, 0.1) is 29.1 Å². The van der Waals surface area contributed by atoms with Crippen LogP contribution in [0.15, 0.2) is 0 Å². The Labute approximate surface area is 133 Å². The molecule has 5 nitrogen and oxygen atoms in total. The van der Waals surface area contributed by atoms with Gasteiger partial charge in [0.05, 0.1) is 12.0 Å². The maximum absolute atomic E-state index is 12.3. The maximum atomic E-state index is 12.3. The molecule has 1 saturated carbocycles. The summed E-state index contributed by atoms with van der Waals surface area (Å²) in [5, 5.41) is 14.2. The Kier molecular flexibility index (Phi) is 8.57. The summed E-state index contributed by atoms with van der Waals surface area (Å²) in [5.74, 6) is 0.522. The average Bonchev–Trinajstić information content (AvgIpc) is 2.52. The third-order valence-corrected chi connectivity index (χ3v) is 4.37. The van der Waals surface area contributed by atoms with Crippen molar-refractivity contribution in [1.82, 2.24) is 10.6 Å². The van der Waals surface area contributed by atoms with E-state index in [1.165, 1.54) is 6.42 Å². The molecule has 1 aliphatic rings. The number of nitrogens with zero attached hydrogens (tertiary/aromatic N) is 1. The summed E-state index contributed by atoms with van der Waals surface area (Å²) in [6.07, 6.45) is 6.96. The summed E-state index contributed by atoms with van der Waals surface area (Å²) in [5.41, 5.74) is 0. The summed E-state index contributed by atoms with van der Waals surface area (Å²) in [7, 11) is 0. The number of hydrogen-bond acceptors (Lipinski definition) is 3. The Balaban J connectivity index is 2.51. The predicted octanol–water partition coefficient (Wildman–Crippen LogP) is 2.38. The number of rotatable bonds is 8. The molecule has 1 unspecified atom stereocenters. The van der Waals surface area contributed by atoms with E-state index in [9.17, 15) is 9.59 Å². The van der Waals surface area contributed by atoms with Gasteiger partial charge in [-0.3, -0.25) is 9.59 Å². The summed E-state index contributed by atoms with van der Waals surface area (Å²) in [6, 6.07) is 1.93. The molecule has 1 aliphatic carbocycles. The summed E-state index contributed by atoms with van der Waals surface area (Å²) < 4.78 is 0. The van der Waals surface area contributed by atoms with E-state index >= 15 is 0 Å². The smallest absolute Gasteiger partial charge is 0.225 e. The Morgan fingerprint density at radius 2 is 1.86 bits per heavy atom. The van der Waals surface area contributed by atoms with Crippen LogP contribution in [0.1, 0.15) is 58.8 Å². The molecular formula is C17H29N3O2. The maximum Gasteiger partial charge on any atom is 0.225 e. The van der Waals surface area contributed by atoms with Gasteiger partial charge in [-0.05, 0) is 31.1 Å². The zero-order valence-electron chi connectivity index (χ0n) is 13.9. The quantitative estimate of drug-likeness (QED) is 0.675. The minimum Gasteiger partial charge on any atom is -0.355 e. The van der Waals surface area contributed by atoms with Crippen molar-refractivity contribution in [3.63, 3.8) is 0 Å². The first kappa shape index (κ1) is 18.5. The fourth-order valence-electron chi connectivity index (χ4n) is 3.00. The highest BCUT2D eigenvalue weighted by molar-refractivity contribution is 5.81. The van der Waals surface area contributed by atoms with Crippen LogP contribution >= 0.6 is 0 Å². The highest BCUT2D eigenvalue weighted by atomic mass is 16.2. The molecule has 0 bridgehead atoms. The predicted molar refractivity (Wildman–Crippen MR) is 85.8 cm³/mol. The van der Waals surface area contributed by atoms with E-state index in [1.54, 1.807) is 0 Å². The van der Waals surface area contributed by atoms with E-state index in [0.717, 1.165) is 32.1 Å². The minimum atomic E-state index is -0.211. The monoisotopic (exact) mass is 307 g/mol. The molecule has 0 radical (unpaired) electrons. The lowest BCUT2D eigenvalue weighted by Crippen LogP contribution is -2.43. The number of hydrogen-bond donors (Lipinski definition) is 2. The Hall–Kier alpha value is -1.57. The lowest BCUT2D eigenvalue weighted by Gasteiger charge is -2.29. The molecular weight excluding hydrogens is 278 g/mol. The van der Waals surface area contributed by atoms with Gasteiger partial charge in [0.15, 0.2) is 0 Å². The van der Waals surface area contributed by atoms with Gasteiger partial charge in [-0.1, -0.05) is 33.1 Å². The zero-order valence-corrected chi connectivity index (χ0v) is 13.9. The van der Waals surface area contributed by atoms with Gasteiger partial charge in [-0.25, -0.2) is 0 Å². The molecule has 0 saturated heterocycles. The van der Waals surface area contributed by atoms with Crippen LogP contribution in [0.4, 0.5) is 0 Å². The first-order valence-electron chi connectivity index (χ1n) is 8.46. The van der Waals surface area contributed by atoms with Crippen LogP contribution in [0.25, 0.3) is 0 Å². The van der Waals surface area contributed by atoms with Gasteiger partial charge < -0.3 is 10.6 Å². The van der Waals surface area contributed by atoms with Crippen molar-refractivity contribution in [1.29, 1.82) is 5.26 Å². The van der Waals surface area contributed by atoms with Crippen LogP contribution in [0.3, 0.4) is 0 Å². The van der Waals surface area contributed by atoms with E-state index in [1.807, 2.05) is 6.07 Å². The lowest BCUT2D eigenvalue weighted by atomic mass is 9.79. The fourth-order valence-corrected chi connectivity index (χ4v) is 3.00. The summed E-state index contributed by atoms with van der Waals surface area (Å²) in [4.78, 5) is 24.1. The molecule has 1 fully saturated rings. The number of amides is 2. The topological polar surface area (TPSA) is 82.0 Å². The molecule has 22 heavy (non-hydrogen) atoms.